The van der Waals surface area contributed by atoms with E-state index >= 15 is 0 Å². The molecule has 542 valence electrons. The maximum Gasteiger partial charge on any atom is 0.217 e. The molecule has 0 aromatic rings. The summed E-state index contributed by atoms with van der Waals surface area (Å²) in [5.41, 5.74) is 0. The Morgan fingerprint density at radius 1 is 0.366 bits per heavy atom. The van der Waals surface area contributed by atoms with Crippen LogP contribution in [0, 0.1) is 0 Å². The number of aliphatic hydroxyl groups is 23. The molecule has 93 heavy (non-hydrogen) atoms. The largest absolute Gasteiger partial charge is 0.394 e. The summed E-state index contributed by atoms with van der Waals surface area (Å²) in [5, 5.41) is 254. The Labute approximate surface area is 528 Å². The van der Waals surface area contributed by atoms with Gasteiger partial charge in [-0.25, -0.2) is 0 Å². The van der Waals surface area contributed by atoms with Crippen LogP contribution in [0.15, 0.2) is 0 Å². The minimum Gasteiger partial charge on any atom is -0.394 e. The van der Waals surface area contributed by atoms with Gasteiger partial charge in [0.05, 0.1) is 58.5 Å². The van der Waals surface area contributed by atoms with Crippen LogP contribution in [0.4, 0.5) is 0 Å². The summed E-state index contributed by atoms with van der Waals surface area (Å²) in [6.07, 6.45) is -74.2. The van der Waals surface area contributed by atoms with Gasteiger partial charge in [-0.15, -0.1) is 0 Å². The van der Waals surface area contributed by atoms with Gasteiger partial charge in [0.25, 0.3) is 0 Å². The Morgan fingerprint density at radius 2 is 0.753 bits per heavy atom. The molecule has 0 saturated carbocycles. The maximum atomic E-state index is 13.2. The fourth-order valence-electron chi connectivity index (χ4n) is 11.6. The highest BCUT2D eigenvalue weighted by molar-refractivity contribution is 5.73. The smallest absolute Gasteiger partial charge is 0.217 e. The Morgan fingerprint density at radius 3 is 1.26 bits per heavy atom. The monoisotopic (exact) mass is 1370 g/mol. The Hall–Kier alpha value is -2.54. The summed E-state index contributed by atoms with van der Waals surface area (Å²) in [7, 11) is 0. The fraction of sp³-hybridized carbons (Fsp3) is 0.962. The van der Waals surface area contributed by atoms with Gasteiger partial charge < -0.3 is 194 Å². The molecule has 0 aliphatic carbocycles. The fourth-order valence-corrected chi connectivity index (χ4v) is 11.6. The van der Waals surface area contributed by atoms with E-state index in [1.807, 2.05) is 0 Å². The van der Waals surface area contributed by atoms with Gasteiger partial charge in [-0.05, 0) is 13.8 Å². The highest BCUT2D eigenvalue weighted by Gasteiger charge is 2.59. The summed E-state index contributed by atoms with van der Waals surface area (Å²) < 4.78 is 82.8. The minimum atomic E-state index is -2.48. The van der Waals surface area contributed by atoms with E-state index in [-0.39, 0.29) is 0 Å². The van der Waals surface area contributed by atoms with E-state index in [2.05, 4.69) is 10.6 Å². The predicted octanol–water partition coefficient (Wildman–Crippen LogP) is -16.5. The van der Waals surface area contributed by atoms with Crippen molar-refractivity contribution in [3.05, 3.63) is 0 Å². The molecule has 41 nitrogen and oxygen atoms in total. The van der Waals surface area contributed by atoms with Gasteiger partial charge in [0.1, 0.15) is 183 Å². The minimum absolute atomic E-state index is 0.924. The Kier molecular flexibility index (Phi) is 28.5. The molecule has 7 saturated heterocycles. The number of rotatable bonds is 26. The van der Waals surface area contributed by atoms with Crippen molar-refractivity contribution >= 4 is 11.8 Å². The molecule has 41 heteroatoms. The Bertz CT molecular complexity index is 2300. The summed E-state index contributed by atoms with van der Waals surface area (Å²) in [6.45, 7) is -3.36. The molecule has 7 heterocycles. The predicted molar refractivity (Wildman–Crippen MR) is 287 cm³/mol. The SMILES string of the molecule is CC(=O)N[C@H]1[C@H](OC[C@H]2O[C@@H](O[C@@H]([C@H](O)[C@@H](O)CO)[C@H](O)CO)[C@H](O)[C@@H](O[C@@H]3O[C@H](CO)[C@@H](O)[C@H](O[C@@H]4O[C@H](CO)[C@H](O)[C@H](O)[C@H]4O[C@@H]4O[C@@H](C)[C@@H](O)[C@@H](O)[C@@H]4O)[C@H]3NC(C)=O)[C@H]2O)O[C@H](CO)[C@@H](O[C@@H]2O[C@H](CO)[C@H](O)[C@H](O)[C@H]2O)[C@@H]1O[C@@H]1O[C@@H](C)[C@@H](O)[C@@H](O)[C@@H]1O. The van der Waals surface area contributed by atoms with Crippen molar-refractivity contribution in [2.75, 3.05) is 46.2 Å². The molecule has 7 aliphatic heterocycles. The van der Waals surface area contributed by atoms with Gasteiger partial charge >= 0.3 is 0 Å². The van der Waals surface area contributed by atoms with E-state index < -0.39 is 297 Å². The summed E-state index contributed by atoms with van der Waals surface area (Å²) in [5.74, 6) is -1.90. The summed E-state index contributed by atoms with van der Waals surface area (Å²) in [4.78, 5) is 26.3. The van der Waals surface area contributed by atoms with Crippen molar-refractivity contribution in [3.8, 4) is 0 Å². The van der Waals surface area contributed by atoms with Gasteiger partial charge in [0.15, 0.2) is 44.0 Å². The zero-order valence-corrected chi connectivity index (χ0v) is 50.3. The first-order valence-electron chi connectivity index (χ1n) is 29.8. The molecule has 25 N–H and O–H groups in total. The van der Waals surface area contributed by atoms with Gasteiger partial charge in [0, 0.05) is 13.8 Å². The van der Waals surface area contributed by atoms with Crippen molar-refractivity contribution < 1.29 is 193 Å². The molecule has 0 aromatic carbocycles. The third kappa shape index (κ3) is 17.4. The quantitative estimate of drug-likeness (QED) is 0.0382. The van der Waals surface area contributed by atoms with Crippen molar-refractivity contribution in [1.29, 1.82) is 0 Å². The van der Waals surface area contributed by atoms with E-state index in [9.17, 15) is 127 Å². The first kappa shape index (κ1) is 77.8. The number of hydrogen-bond acceptors (Lipinski definition) is 39. The van der Waals surface area contributed by atoms with Crippen LogP contribution in [0.3, 0.4) is 0 Å². The number of ether oxygens (including phenoxy) is 14. The molecule has 0 spiro atoms. The van der Waals surface area contributed by atoms with Crippen molar-refractivity contribution in [2.24, 2.45) is 0 Å². The maximum absolute atomic E-state index is 13.2. The topological polar surface area (TPSA) is 653 Å². The number of amides is 2. The molecule has 7 aliphatic rings. The van der Waals surface area contributed by atoms with Crippen LogP contribution in [0.25, 0.3) is 0 Å². The molecule has 7 fully saturated rings. The third-order valence-corrected chi connectivity index (χ3v) is 17.0. The average molecular weight is 1370 g/mol. The van der Waals surface area contributed by atoms with E-state index in [0.717, 1.165) is 13.8 Å². The lowest BCUT2D eigenvalue weighted by molar-refractivity contribution is -0.390. The number of hydrogen-bond donors (Lipinski definition) is 25. The average Bonchev–Trinajstić information content (AvgIpc) is 0.794. The van der Waals surface area contributed by atoms with Crippen LogP contribution < -0.4 is 10.6 Å². The van der Waals surface area contributed by atoms with Crippen LogP contribution in [0.2, 0.25) is 0 Å². The number of carbonyl (C=O) groups excluding carboxylic acids is 2. The van der Waals surface area contributed by atoms with E-state index in [1.165, 1.54) is 13.8 Å². The molecule has 39 atom stereocenters. The molecular weight excluding hydrogens is 1280 g/mol. The summed E-state index contributed by atoms with van der Waals surface area (Å²) in [6, 6.07) is -3.83. The lowest BCUT2D eigenvalue weighted by Gasteiger charge is -2.51. The first-order chi connectivity index (χ1) is 43.9. The van der Waals surface area contributed by atoms with Gasteiger partial charge in [-0.2, -0.15) is 0 Å². The second-order valence-corrected chi connectivity index (χ2v) is 23.6. The molecule has 0 radical (unpaired) electrons. The van der Waals surface area contributed by atoms with Gasteiger partial charge in [-0.1, -0.05) is 0 Å². The van der Waals surface area contributed by atoms with Crippen LogP contribution in [-0.2, 0) is 75.9 Å². The Balaban J connectivity index is 1.25. The van der Waals surface area contributed by atoms with E-state index in [1.54, 1.807) is 0 Å². The molecule has 0 bridgehead atoms. The van der Waals surface area contributed by atoms with Crippen molar-refractivity contribution in [3.63, 3.8) is 0 Å². The molecular formula is C52H90N2O39. The van der Waals surface area contributed by atoms with Gasteiger partial charge in [0.2, 0.25) is 11.8 Å². The van der Waals surface area contributed by atoms with Crippen molar-refractivity contribution in [2.45, 2.75) is 267 Å². The number of carbonyl (C=O) groups is 2. The second kappa shape index (κ2) is 34.0. The summed E-state index contributed by atoms with van der Waals surface area (Å²) >= 11 is 0. The lowest BCUT2D eigenvalue weighted by Crippen LogP contribution is -2.71. The van der Waals surface area contributed by atoms with Crippen LogP contribution >= 0.6 is 0 Å². The van der Waals surface area contributed by atoms with Crippen molar-refractivity contribution in [1.82, 2.24) is 10.6 Å². The van der Waals surface area contributed by atoms with Gasteiger partial charge in [-0.3, -0.25) is 9.59 Å². The molecule has 0 unspecified atom stereocenters. The normalized spacial score (nSPS) is 48.1. The first-order valence-corrected chi connectivity index (χ1v) is 29.8. The van der Waals surface area contributed by atoms with Crippen LogP contribution in [0.1, 0.15) is 27.7 Å². The third-order valence-electron chi connectivity index (χ3n) is 17.0. The zero-order chi connectivity index (χ0) is 68.9. The highest BCUT2D eigenvalue weighted by atomic mass is 16.8. The van der Waals surface area contributed by atoms with E-state index in [0.29, 0.717) is 0 Å². The second-order valence-electron chi connectivity index (χ2n) is 23.6. The molecule has 7 rings (SSSR count). The molecule has 2 amide bonds. The number of aliphatic hydroxyl groups excluding tert-OH is 23. The van der Waals surface area contributed by atoms with Crippen LogP contribution in [-0.4, -0.2) is 415 Å². The van der Waals surface area contributed by atoms with Crippen LogP contribution in [0.5, 0.6) is 0 Å². The molecule has 0 aromatic heterocycles. The zero-order valence-electron chi connectivity index (χ0n) is 50.3. The number of nitrogens with one attached hydrogen (secondary N) is 2. The lowest BCUT2D eigenvalue weighted by atomic mass is 9.94. The highest BCUT2D eigenvalue weighted by Crippen LogP contribution is 2.39. The van der Waals surface area contributed by atoms with E-state index in [4.69, 9.17) is 66.3 Å². The standard InChI is InChI=1S/C52H90N2O39/c1-12-25(65)32(72)36(76)48(81-12)91-43-24(54-15(4)62)46(86-21(10-60)41(43)89-50-38(78)34(74)28(68)18(7-57)84-50)80-11-22-31(71)44(39(79)51(87-22)88-40(17(64)6-56)27(67)16(63)5-55)92-47-23(53-14(3)61)42(30(70)20(9-59)83-47)90-52-45(35(75)29(69)19(8-58)85-52)93-49-37(77)33(73)26(66)13(2)82-49/h12-13,16-52,55-60,63-79H,5-11H2,1-4H3,(H,53,61)(H,54,62)/t12-,13-,16-,17+,18+,19+,20+,21+,22+,23+,24+,25+,26+,27+,28-,29-,30+,31-,32+,33+,34-,35-,36-,37-,38+,39+,40+,41+,42+,43+,44-,45+,46+,47-,48-,49-,50-,51-,52-/m0/s1.